The second-order valence-electron chi connectivity index (χ2n) is 8.36. The molecule has 1 amide bonds. The molecule has 1 aliphatic rings. The van der Waals surface area contributed by atoms with Gasteiger partial charge in [0.05, 0.1) is 34.7 Å². The zero-order chi connectivity index (χ0) is 25.9. The van der Waals surface area contributed by atoms with Gasteiger partial charge in [-0.1, -0.05) is 36.5 Å². The molecule has 188 valence electrons. The second kappa shape index (κ2) is 10.4. The summed E-state index contributed by atoms with van der Waals surface area (Å²) in [4.78, 5) is 37.2. The first-order valence-corrected chi connectivity index (χ1v) is 12.8. The van der Waals surface area contributed by atoms with Gasteiger partial charge in [0.15, 0.2) is 5.13 Å². The van der Waals surface area contributed by atoms with E-state index in [4.69, 9.17) is 9.47 Å². The number of ketones is 1. The van der Waals surface area contributed by atoms with Gasteiger partial charge in [-0.25, -0.2) is 4.98 Å². The van der Waals surface area contributed by atoms with Crippen molar-refractivity contribution in [3.63, 3.8) is 0 Å². The van der Waals surface area contributed by atoms with Crippen LogP contribution in [0.5, 0.6) is 11.5 Å². The molecular weight excluding hydrogens is 490 g/mol. The molecule has 2 aromatic carbocycles. The monoisotopic (exact) mass is 515 g/mol. The first-order chi connectivity index (χ1) is 18.0. The van der Waals surface area contributed by atoms with Crippen LogP contribution in [0.4, 0.5) is 5.13 Å². The summed E-state index contributed by atoms with van der Waals surface area (Å²) in [6.45, 7) is 4.94. The third-order valence-corrected chi connectivity index (χ3v) is 6.88. The minimum Gasteiger partial charge on any atom is -0.507 e. The van der Waals surface area contributed by atoms with Crippen LogP contribution < -0.4 is 14.4 Å². The molecule has 1 saturated heterocycles. The fourth-order valence-electron chi connectivity index (χ4n) is 4.21. The molecule has 0 saturated carbocycles. The topological polar surface area (TPSA) is 102 Å². The van der Waals surface area contributed by atoms with E-state index in [-0.39, 0.29) is 11.3 Å². The Balaban J connectivity index is 1.64. The van der Waals surface area contributed by atoms with Crippen molar-refractivity contribution in [2.45, 2.75) is 26.3 Å². The van der Waals surface area contributed by atoms with Crippen LogP contribution in [-0.2, 0) is 9.59 Å². The molecular formula is C28H25N3O5S. The summed E-state index contributed by atoms with van der Waals surface area (Å²) in [7, 11) is 0. The number of aliphatic hydroxyl groups is 1. The maximum Gasteiger partial charge on any atom is 0.301 e. The number of aromatic nitrogens is 2. The number of aliphatic hydroxyl groups excluding tert-OH is 1. The fraction of sp³-hybridized carbons (Fsp3) is 0.214. The molecule has 0 aliphatic carbocycles. The van der Waals surface area contributed by atoms with Crippen molar-refractivity contribution in [1.82, 2.24) is 9.97 Å². The van der Waals surface area contributed by atoms with E-state index in [0.29, 0.717) is 46.6 Å². The lowest BCUT2D eigenvalue weighted by Crippen LogP contribution is -2.29. The molecule has 37 heavy (non-hydrogen) atoms. The van der Waals surface area contributed by atoms with E-state index >= 15 is 0 Å². The van der Waals surface area contributed by atoms with Gasteiger partial charge < -0.3 is 14.6 Å². The number of thiazole rings is 1. The number of hydrogen-bond acceptors (Lipinski definition) is 8. The van der Waals surface area contributed by atoms with Crippen LogP contribution in [0.25, 0.3) is 16.0 Å². The lowest BCUT2D eigenvalue weighted by molar-refractivity contribution is -0.132. The molecule has 1 fully saturated rings. The van der Waals surface area contributed by atoms with E-state index in [1.54, 1.807) is 48.7 Å². The summed E-state index contributed by atoms with van der Waals surface area (Å²) in [5.41, 5.74) is 1.44. The lowest BCUT2D eigenvalue weighted by atomic mass is 9.98. The highest BCUT2D eigenvalue weighted by molar-refractivity contribution is 7.22. The van der Waals surface area contributed by atoms with Gasteiger partial charge >= 0.3 is 5.91 Å². The maximum absolute atomic E-state index is 13.4. The van der Waals surface area contributed by atoms with Crippen LogP contribution in [0.15, 0.2) is 72.4 Å². The predicted octanol–water partition coefficient (Wildman–Crippen LogP) is 5.51. The Kier molecular flexibility index (Phi) is 6.87. The number of rotatable bonds is 8. The van der Waals surface area contributed by atoms with Crippen LogP contribution in [0.3, 0.4) is 0 Å². The molecule has 0 spiro atoms. The van der Waals surface area contributed by atoms with Crippen molar-refractivity contribution >= 4 is 44.1 Å². The average Bonchev–Trinajstić information content (AvgIpc) is 3.45. The molecule has 1 N–H and O–H groups in total. The van der Waals surface area contributed by atoms with E-state index in [0.717, 1.165) is 11.1 Å². The summed E-state index contributed by atoms with van der Waals surface area (Å²) in [6.07, 6.45) is 2.41. The largest absolute Gasteiger partial charge is 0.507 e. The lowest BCUT2D eigenvalue weighted by Gasteiger charge is -2.22. The van der Waals surface area contributed by atoms with Gasteiger partial charge in [0.2, 0.25) is 0 Å². The first-order valence-electron chi connectivity index (χ1n) is 12.0. The van der Waals surface area contributed by atoms with Gasteiger partial charge in [0.1, 0.15) is 23.3 Å². The molecule has 1 atom stereocenters. The van der Waals surface area contributed by atoms with Gasteiger partial charge in [-0.15, -0.1) is 0 Å². The Bertz CT molecular complexity index is 1500. The quantitative estimate of drug-likeness (QED) is 0.188. The smallest absolute Gasteiger partial charge is 0.301 e. The molecule has 8 nitrogen and oxygen atoms in total. The molecule has 0 radical (unpaired) electrons. The summed E-state index contributed by atoms with van der Waals surface area (Å²) < 4.78 is 12.1. The van der Waals surface area contributed by atoms with Crippen molar-refractivity contribution < 1.29 is 24.2 Å². The van der Waals surface area contributed by atoms with E-state index in [1.807, 2.05) is 32.0 Å². The van der Waals surface area contributed by atoms with Gasteiger partial charge in [-0.3, -0.25) is 19.5 Å². The SMILES string of the molecule is CCCOc1cccc(/C(O)=C2\C(=O)C(=O)N(c3nc4ccc(OCC)cc4s3)C2c2ccccn2)c1. The standard InChI is InChI=1S/C28H25N3O5S/c1-3-14-36-18-9-7-8-17(15-18)25(32)23-24(21-10-5-6-13-29-21)31(27(34)26(23)33)28-30-20-12-11-19(35-4-2)16-22(20)37-28/h5-13,15-16,24,32H,3-4,14H2,1-2H3/b25-23+. The number of pyridine rings is 1. The van der Waals surface area contributed by atoms with Crippen molar-refractivity contribution in [2.24, 2.45) is 0 Å². The molecule has 1 aliphatic heterocycles. The van der Waals surface area contributed by atoms with Crippen molar-refractivity contribution in [2.75, 3.05) is 18.1 Å². The summed E-state index contributed by atoms with van der Waals surface area (Å²) >= 11 is 1.27. The highest BCUT2D eigenvalue weighted by atomic mass is 32.1. The molecule has 3 heterocycles. The Hall–Kier alpha value is -4.24. The van der Waals surface area contributed by atoms with Crippen molar-refractivity contribution in [3.8, 4) is 11.5 Å². The number of hydrogen-bond donors (Lipinski definition) is 1. The minimum atomic E-state index is -0.951. The van der Waals surface area contributed by atoms with Crippen LogP contribution in [0, 0.1) is 0 Å². The molecule has 4 aromatic rings. The summed E-state index contributed by atoms with van der Waals surface area (Å²) in [6, 6.07) is 16.6. The molecule has 2 aromatic heterocycles. The Morgan fingerprint density at radius 1 is 1.03 bits per heavy atom. The van der Waals surface area contributed by atoms with Crippen LogP contribution >= 0.6 is 11.3 Å². The van der Waals surface area contributed by atoms with E-state index in [1.165, 1.54) is 16.2 Å². The summed E-state index contributed by atoms with van der Waals surface area (Å²) in [5.74, 6) is -0.621. The maximum atomic E-state index is 13.4. The molecule has 5 rings (SSSR count). The Morgan fingerprint density at radius 3 is 2.62 bits per heavy atom. The van der Waals surface area contributed by atoms with Gasteiger partial charge in [-0.05, 0) is 55.8 Å². The van der Waals surface area contributed by atoms with Gasteiger partial charge in [-0.2, -0.15) is 0 Å². The number of carbonyl (C=O) groups excluding carboxylic acids is 2. The van der Waals surface area contributed by atoms with Crippen molar-refractivity contribution in [1.29, 1.82) is 0 Å². The minimum absolute atomic E-state index is 0.0504. The highest BCUT2D eigenvalue weighted by Crippen LogP contribution is 2.44. The number of anilines is 1. The van der Waals surface area contributed by atoms with E-state index in [9.17, 15) is 14.7 Å². The third kappa shape index (κ3) is 4.65. The number of benzene rings is 2. The average molecular weight is 516 g/mol. The number of fused-ring (bicyclic) bond motifs is 1. The van der Waals surface area contributed by atoms with Gasteiger partial charge in [0, 0.05) is 11.8 Å². The fourth-order valence-corrected chi connectivity index (χ4v) is 5.23. The number of ether oxygens (including phenoxy) is 2. The van der Waals surface area contributed by atoms with E-state index in [2.05, 4.69) is 9.97 Å². The number of carbonyl (C=O) groups is 2. The number of Topliss-reactive ketones (excluding diaryl/α,β-unsaturated/α-hetero) is 1. The Labute approximate surface area is 217 Å². The third-order valence-electron chi connectivity index (χ3n) is 5.86. The Morgan fingerprint density at radius 2 is 1.86 bits per heavy atom. The van der Waals surface area contributed by atoms with Crippen LogP contribution in [0.1, 0.15) is 37.6 Å². The van der Waals surface area contributed by atoms with Gasteiger partial charge in [0.25, 0.3) is 5.78 Å². The zero-order valence-corrected chi connectivity index (χ0v) is 21.2. The van der Waals surface area contributed by atoms with E-state index < -0.39 is 17.7 Å². The predicted molar refractivity (Wildman–Crippen MR) is 142 cm³/mol. The number of nitrogens with zero attached hydrogens (tertiary/aromatic N) is 3. The highest BCUT2D eigenvalue weighted by Gasteiger charge is 2.48. The zero-order valence-electron chi connectivity index (χ0n) is 20.4. The molecule has 9 heteroatoms. The summed E-state index contributed by atoms with van der Waals surface area (Å²) in [5, 5.41) is 11.7. The number of amides is 1. The molecule has 1 unspecified atom stereocenters. The second-order valence-corrected chi connectivity index (χ2v) is 9.37. The normalized spacial score (nSPS) is 16.9. The van der Waals surface area contributed by atoms with Crippen LogP contribution in [-0.4, -0.2) is 40.0 Å². The van der Waals surface area contributed by atoms with Crippen LogP contribution in [0.2, 0.25) is 0 Å². The van der Waals surface area contributed by atoms with Crippen molar-refractivity contribution in [3.05, 3.63) is 83.7 Å². The first kappa shape index (κ1) is 24.5. The molecule has 0 bridgehead atoms.